The number of rotatable bonds is 2. The van der Waals surface area contributed by atoms with Crippen molar-refractivity contribution in [1.82, 2.24) is 4.98 Å². The van der Waals surface area contributed by atoms with Gasteiger partial charge in [0, 0.05) is 21.4 Å². The normalized spacial score (nSPS) is 25.6. The molecule has 1 aliphatic carbocycles. The second-order valence-electron chi connectivity index (χ2n) is 3.19. The summed E-state index contributed by atoms with van der Waals surface area (Å²) in [6.07, 6.45) is 2.51. The topological polar surface area (TPSA) is 50.2 Å². The number of aromatic nitrogens is 1. The van der Waals surface area contributed by atoms with Gasteiger partial charge in [0.05, 0.1) is 5.92 Å². The summed E-state index contributed by atoms with van der Waals surface area (Å²) >= 11 is 2.18. The van der Waals surface area contributed by atoms with Crippen molar-refractivity contribution in [1.29, 1.82) is 0 Å². The van der Waals surface area contributed by atoms with Crippen LogP contribution in [0.5, 0.6) is 0 Å². The van der Waals surface area contributed by atoms with E-state index in [0.29, 0.717) is 0 Å². The Morgan fingerprint density at radius 2 is 2.38 bits per heavy atom. The van der Waals surface area contributed by atoms with Gasteiger partial charge < -0.3 is 5.11 Å². The van der Waals surface area contributed by atoms with Crippen LogP contribution < -0.4 is 0 Å². The Balaban J connectivity index is 2.12. The Kier molecular flexibility index (Phi) is 2.23. The molecule has 1 fully saturated rings. The molecule has 0 radical (unpaired) electrons. The predicted molar refractivity (Wildman–Crippen MR) is 55.4 cm³/mol. The summed E-state index contributed by atoms with van der Waals surface area (Å²) in [6.45, 7) is 0. The van der Waals surface area contributed by atoms with Crippen LogP contribution in [0, 0.1) is 9.49 Å². The summed E-state index contributed by atoms with van der Waals surface area (Å²) in [6, 6.07) is 3.87. The smallest absolute Gasteiger partial charge is 0.307 e. The van der Waals surface area contributed by atoms with Gasteiger partial charge in [0.1, 0.15) is 0 Å². The fourth-order valence-corrected chi connectivity index (χ4v) is 1.72. The maximum Gasteiger partial charge on any atom is 0.307 e. The zero-order chi connectivity index (χ0) is 9.42. The summed E-state index contributed by atoms with van der Waals surface area (Å²) in [5.74, 6) is -0.757. The number of hydrogen-bond acceptors (Lipinski definition) is 2. The quantitative estimate of drug-likeness (QED) is 0.846. The van der Waals surface area contributed by atoms with Crippen LogP contribution in [0.1, 0.15) is 18.0 Å². The van der Waals surface area contributed by atoms with Crippen molar-refractivity contribution in [3.05, 3.63) is 27.6 Å². The lowest BCUT2D eigenvalue weighted by molar-refractivity contribution is -0.138. The summed E-state index contributed by atoms with van der Waals surface area (Å²) < 4.78 is 1.08. The first-order chi connectivity index (χ1) is 6.18. The van der Waals surface area contributed by atoms with Gasteiger partial charge >= 0.3 is 5.97 Å². The molecule has 1 aliphatic rings. The summed E-state index contributed by atoms with van der Waals surface area (Å²) in [5.41, 5.74) is 0.910. The van der Waals surface area contributed by atoms with Gasteiger partial charge in [-0.2, -0.15) is 0 Å². The van der Waals surface area contributed by atoms with E-state index in [0.717, 1.165) is 15.7 Å². The van der Waals surface area contributed by atoms with E-state index in [4.69, 9.17) is 5.11 Å². The molecule has 0 bridgehead atoms. The Morgan fingerprint density at radius 3 is 2.85 bits per heavy atom. The van der Waals surface area contributed by atoms with Crippen molar-refractivity contribution in [2.75, 3.05) is 0 Å². The second kappa shape index (κ2) is 3.25. The fourth-order valence-electron chi connectivity index (χ4n) is 1.40. The van der Waals surface area contributed by atoms with E-state index in [2.05, 4.69) is 27.6 Å². The number of carbonyl (C=O) groups is 1. The Hall–Kier alpha value is -0.650. The van der Waals surface area contributed by atoms with E-state index in [1.165, 1.54) is 0 Å². The van der Waals surface area contributed by atoms with Gasteiger partial charge in [0.25, 0.3) is 0 Å². The molecule has 2 rings (SSSR count). The van der Waals surface area contributed by atoms with E-state index >= 15 is 0 Å². The standard InChI is InChI=1S/C9H8INO2/c10-5-1-2-8(11-4-5)6-3-7(6)9(12)13/h1-2,4,6-7H,3H2,(H,12,13)/t6-,7-/m1/s1. The lowest BCUT2D eigenvalue weighted by Gasteiger charge is -1.96. The molecular formula is C9H8INO2. The average molecular weight is 289 g/mol. The first-order valence-corrected chi connectivity index (χ1v) is 5.10. The largest absolute Gasteiger partial charge is 0.481 e. The van der Waals surface area contributed by atoms with Crippen molar-refractivity contribution in [2.24, 2.45) is 5.92 Å². The first kappa shape index (κ1) is 8.93. The van der Waals surface area contributed by atoms with Gasteiger partial charge in [-0.05, 0) is 41.1 Å². The van der Waals surface area contributed by atoms with Crippen molar-refractivity contribution in [2.45, 2.75) is 12.3 Å². The second-order valence-corrected chi connectivity index (χ2v) is 4.43. The molecule has 0 aliphatic heterocycles. The number of aliphatic carboxylic acids is 1. The number of carboxylic acid groups (broad SMARTS) is 1. The molecule has 0 amide bonds. The molecule has 0 saturated heterocycles. The van der Waals surface area contributed by atoms with E-state index in [-0.39, 0.29) is 11.8 Å². The highest BCUT2D eigenvalue weighted by Crippen LogP contribution is 2.46. The van der Waals surface area contributed by atoms with Crippen LogP contribution in [0.25, 0.3) is 0 Å². The predicted octanol–water partition coefficient (Wildman–Crippen LogP) is 1.87. The number of pyridine rings is 1. The molecule has 0 aromatic carbocycles. The maximum absolute atomic E-state index is 10.6. The van der Waals surface area contributed by atoms with Crippen LogP contribution in [0.15, 0.2) is 18.3 Å². The lowest BCUT2D eigenvalue weighted by atomic mass is 10.2. The van der Waals surface area contributed by atoms with Crippen LogP contribution in [0.3, 0.4) is 0 Å². The number of nitrogens with zero attached hydrogens (tertiary/aromatic N) is 1. The van der Waals surface area contributed by atoms with Crippen molar-refractivity contribution in [3.63, 3.8) is 0 Å². The highest BCUT2D eigenvalue weighted by atomic mass is 127. The van der Waals surface area contributed by atoms with Crippen LogP contribution >= 0.6 is 22.6 Å². The molecule has 0 unspecified atom stereocenters. The molecule has 2 atom stereocenters. The number of carboxylic acids is 1. The van der Waals surface area contributed by atoms with Crippen LogP contribution in [-0.4, -0.2) is 16.1 Å². The Bertz CT molecular complexity index is 336. The van der Waals surface area contributed by atoms with E-state index in [1.54, 1.807) is 6.20 Å². The van der Waals surface area contributed by atoms with Crippen LogP contribution in [0.2, 0.25) is 0 Å². The zero-order valence-electron chi connectivity index (χ0n) is 6.77. The number of halogens is 1. The van der Waals surface area contributed by atoms with Gasteiger partial charge in [-0.1, -0.05) is 0 Å². The molecule has 1 aromatic heterocycles. The van der Waals surface area contributed by atoms with E-state index in [9.17, 15) is 4.79 Å². The molecule has 68 valence electrons. The summed E-state index contributed by atoms with van der Waals surface area (Å²) in [5, 5.41) is 8.71. The minimum atomic E-state index is -0.703. The molecular weight excluding hydrogens is 281 g/mol. The van der Waals surface area contributed by atoms with Crippen molar-refractivity contribution in [3.8, 4) is 0 Å². The molecule has 1 heterocycles. The number of hydrogen-bond donors (Lipinski definition) is 1. The lowest BCUT2D eigenvalue weighted by Crippen LogP contribution is -1.99. The van der Waals surface area contributed by atoms with Gasteiger partial charge in [-0.25, -0.2) is 0 Å². The first-order valence-electron chi connectivity index (χ1n) is 4.03. The van der Waals surface area contributed by atoms with Gasteiger partial charge in [-0.15, -0.1) is 0 Å². The molecule has 4 heteroatoms. The van der Waals surface area contributed by atoms with Gasteiger partial charge in [0.2, 0.25) is 0 Å². The molecule has 1 aromatic rings. The van der Waals surface area contributed by atoms with Crippen molar-refractivity contribution < 1.29 is 9.90 Å². The van der Waals surface area contributed by atoms with Gasteiger partial charge in [0.15, 0.2) is 0 Å². The molecule has 13 heavy (non-hydrogen) atoms. The van der Waals surface area contributed by atoms with Gasteiger partial charge in [-0.3, -0.25) is 9.78 Å². The minimum Gasteiger partial charge on any atom is -0.481 e. The maximum atomic E-state index is 10.6. The summed E-state index contributed by atoms with van der Waals surface area (Å²) in [4.78, 5) is 14.8. The summed E-state index contributed by atoms with van der Waals surface area (Å²) in [7, 11) is 0. The minimum absolute atomic E-state index is 0.148. The van der Waals surface area contributed by atoms with Crippen LogP contribution in [-0.2, 0) is 4.79 Å². The van der Waals surface area contributed by atoms with E-state index < -0.39 is 5.97 Å². The fraction of sp³-hybridized carbons (Fsp3) is 0.333. The van der Waals surface area contributed by atoms with Crippen molar-refractivity contribution >= 4 is 28.6 Å². The Morgan fingerprint density at radius 1 is 1.62 bits per heavy atom. The van der Waals surface area contributed by atoms with Crippen LogP contribution in [0.4, 0.5) is 0 Å². The molecule has 0 spiro atoms. The molecule has 1 N–H and O–H groups in total. The SMILES string of the molecule is O=C(O)[C@@H]1C[C@H]1c1ccc(I)cn1. The third kappa shape index (κ3) is 1.82. The third-order valence-corrected chi connectivity index (χ3v) is 2.88. The zero-order valence-corrected chi connectivity index (χ0v) is 8.93. The third-order valence-electron chi connectivity index (χ3n) is 2.24. The Labute approximate surface area is 89.3 Å². The molecule has 3 nitrogen and oxygen atoms in total. The highest BCUT2D eigenvalue weighted by Gasteiger charge is 2.44. The average Bonchev–Trinajstić information content (AvgIpc) is 2.85. The molecule has 1 saturated carbocycles. The monoisotopic (exact) mass is 289 g/mol. The van der Waals surface area contributed by atoms with E-state index in [1.807, 2.05) is 12.1 Å². The highest BCUT2D eigenvalue weighted by molar-refractivity contribution is 14.1.